The van der Waals surface area contributed by atoms with E-state index in [9.17, 15) is 9.18 Å². The Morgan fingerprint density at radius 2 is 2.14 bits per heavy atom. The molecule has 0 fully saturated rings. The lowest BCUT2D eigenvalue weighted by atomic mass is 10.3. The third-order valence-corrected chi connectivity index (χ3v) is 2.81. The summed E-state index contributed by atoms with van der Waals surface area (Å²) in [4.78, 5) is 11.8. The molecule has 116 valence electrons. The van der Waals surface area contributed by atoms with E-state index in [2.05, 4.69) is 20.8 Å². The van der Waals surface area contributed by atoms with E-state index in [-0.39, 0.29) is 17.4 Å². The van der Waals surface area contributed by atoms with E-state index < -0.39 is 0 Å². The molecule has 22 heavy (non-hydrogen) atoms. The second-order valence-electron chi connectivity index (χ2n) is 4.54. The van der Waals surface area contributed by atoms with Crippen molar-refractivity contribution in [2.75, 3.05) is 25.6 Å². The van der Waals surface area contributed by atoms with Crippen LogP contribution in [0.15, 0.2) is 36.4 Å². The molecule has 0 bridgehead atoms. The van der Waals surface area contributed by atoms with Gasteiger partial charge in [-0.15, -0.1) is 10.2 Å². The van der Waals surface area contributed by atoms with Gasteiger partial charge in [-0.25, -0.2) is 4.39 Å². The highest BCUT2D eigenvalue weighted by Crippen LogP contribution is 2.14. The van der Waals surface area contributed by atoms with E-state index in [0.29, 0.717) is 24.7 Å². The van der Waals surface area contributed by atoms with Crippen LogP contribution in [0.2, 0.25) is 0 Å². The fourth-order valence-electron chi connectivity index (χ4n) is 1.74. The molecular weight excluding hydrogens is 287 g/mol. The van der Waals surface area contributed by atoms with E-state index in [1.54, 1.807) is 31.4 Å². The second-order valence-corrected chi connectivity index (χ2v) is 4.54. The number of anilines is 2. The van der Waals surface area contributed by atoms with Gasteiger partial charge in [0.2, 0.25) is 0 Å². The summed E-state index contributed by atoms with van der Waals surface area (Å²) in [6.45, 7) is 1.10. The molecule has 0 aliphatic rings. The third kappa shape index (κ3) is 4.78. The minimum Gasteiger partial charge on any atom is -0.385 e. The molecule has 0 aliphatic carbocycles. The molecule has 0 aliphatic heterocycles. The predicted octanol–water partition coefficient (Wildman–Crippen LogP) is 2.13. The van der Waals surface area contributed by atoms with Crippen molar-refractivity contribution < 1.29 is 13.9 Å². The summed E-state index contributed by atoms with van der Waals surface area (Å²) in [7, 11) is 1.61. The van der Waals surface area contributed by atoms with Crippen LogP contribution in [0.4, 0.5) is 15.9 Å². The summed E-state index contributed by atoms with van der Waals surface area (Å²) in [5.41, 5.74) is 0.785. The summed E-state index contributed by atoms with van der Waals surface area (Å²) in [5.74, 6) is -0.201. The number of nitrogens with zero attached hydrogens (tertiary/aromatic N) is 2. The van der Waals surface area contributed by atoms with E-state index in [1.807, 2.05) is 0 Å². The zero-order chi connectivity index (χ0) is 15.8. The molecule has 0 unspecified atom stereocenters. The van der Waals surface area contributed by atoms with Gasteiger partial charge in [0.25, 0.3) is 5.91 Å². The van der Waals surface area contributed by atoms with Crippen LogP contribution in [0, 0.1) is 5.82 Å². The molecule has 2 N–H and O–H groups in total. The van der Waals surface area contributed by atoms with Crippen LogP contribution in [0.1, 0.15) is 16.9 Å². The maximum Gasteiger partial charge on any atom is 0.271 e. The van der Waals surface area contributed by atoms with Crippen molar-refractivity contribution in [3.8, 4) is 0 Å². The fourth-order valence-corrected chi connectivity index (χ4v) is 1.74. The number of hydrogen-bond donors (Lipinski definition) is 2. The minimum atomic E-state index is -0.343. The second kappa shape index (κ2) is 8.04. The molecule has 0 radical (unpaired) electrons. The lowest BCUT2D eigenvalue weighted by molar-refractivity contribution is 0.0942. The number of ether oxygens (including phenoxy) is 1. The van der Waals surface area contributed by atoms with Gasteiger partial charge in [-0.3, -0.25) is 4.79 Å². The van der Waals surface area contributed by atoms with Gasteiger partial charge in [0.15, 0.2) is 11.5 Å². The number of nitrogens with one attached hydrogen (secondary N) is 2. The van der Waals surface area contributed by atoms with Gasteiger partial charge >= 0.3 is 0 Å². The average Bonchev–Trinajstić information content (AvgIpc) is 2.52. The van der Waals surface area contributed by atoms with Crippen molar-refractivity contribution in [1.29, 1.82) is 0 Å². The van der Waals surface area contributed by atoms with Gasteiger partial charge in [-0.2, -0.15) is 0 Å². The molecule has 0 saturated heterocycles. The Hall–Kier alpha value is -2.54. The normalized spacial score (nSPS) is 10.3. The molecule has 2 aromatic rings. The lowest BCUT2D eigenvalue weighted by Crippen LogP contribution is -2.26. The molecule has 7 heteroatoms. The number of carbonyl (C=O) groups excluding carboxylic acids is 1. The van der Waals surface area contributed by atoms with Crippen LogP contribution in [0.5, 0.6) is 0 Å². The Balaban J connectivity index is 1.91. The molecule has 0 saturated carbocycles. The highest BCUT2D eigenvalue weighted by Gasteiger charge is 2.07. The number of rotatable bonds is 7. The first kappa shape index (κ1) is 15.8. The largest absolute Gasteiger partial charge is 0.385 e. The molecule has 2 rings (SSSR count). The number of carbonyl (C=O) groups is 1. The summed E-state index contributed by atoms with van der Waals surface area (Å²) in [5, 5.41) is 13.4. The van der Waals surface area contributed by atoms with Crippen molar-refractivity contribution in [2.45, 2.75) is 6.42 Å². The number of amides is 1. The molecular formula is C15H17FN4O2. The smallest absolute Gasteiger partial charge is 0.271 e. The fraction of sp³-hybridized carbons (Fsp3) is 0.267. The van der Waals surface area contributed by atoms with Gasteiger partial charge in [0.1, 0.15) is 5.82 Å². The van der Waals surface area contributed by atoms with Crippen molar-refractivity contribution >= 4 is 17.4 Å². The van der Waals surface area contributed by atoms with Gasteiger partial charge in [-0.1, -0.05) is 6.07 Å². The maximum atomic E-state index is 13.1. The van der Waals surface area contributed by atoms with Crippen LogP contribution >= 0.6 is 0 Å². The van der Waals surface area contributed by atoms with Crippen molar-refractivity contribution in [3.63, 3.8) is 0 Å². The number of benzene rings is 1. The summed E-state index contributed by atoms with van der Waals surface area (Å²) in [6.07, 6.45) is 0.731. The molecule has 1 amide bonds. The van der Waals surface area contributed by atoms with Crippen molar-refractivity contribution in [3.05, 3.63) is 47.9 Å². The highest BCUT2D eigenvalue weighted by atomic mass is 19.1. The summed E-state index contributed by atoms with van der Waals surface area (Å²) in [6, 6.07) is 9.17. The Morgan fingerprint density at radius 1 is 1.27 bits per heavy atom. The number of hydrogen-bond acceptors (Lipinski definition) is 5. The maximum absolute atomic E-state index is 13.1. The van der Waals surface area contributed by atoms with Crippen LogP contribution < -0.4 is 10.6 Å². The van der Waals surface area contributed by atoms with Crippen LogP contribution in [0.25, 0.3) is 0 Å². The first-order chi connectivity index (χ1) is 10.7. The topological polar surface area (TPSA) is 76.1 Å². The van der Waals surface area contributed by atoms with E-state index in [4.69, 9.17) is 4.74 Å². The average molecular weight is 304 g/mol. The number of halogens is 1. The lowest BCUT2D eigenvalue weighted by Gasteiger charge is -2.06. The summed E-state index contributed by atoms with van der Waals surface area (Å²) < 4.78 is 18.0. The third-order valence-electron chi connectivity index (χ3n) is 2.81. The Kier molecular flexibility index (Phi) is 5.79. The van der Waals surface area contributed by atoms with Gasteiger partial charge in [-0.05, 0) is 36.8 Å². The minimum absolute atomic E-state index is 0.224. The quantitative estimate of drug-likeness (QED) is 0.766. The van der Waals surface area contributed by atoms with E-state index >= 15 is 0 Å². The molecule has 1 heterocycles. The van der Waals surface area contributed by atoms with E-state index in [0.717, 1.165) is 6.42 Å². The van der Waals surface area contributed by atoms with Crippen molar-refractivity contribution in [1.82, 2.24) is 15.5 Å². The molecule has 1 aromatic heterocycles. The van der Waals surface area contributed by atoms with Crippen LogP contribution in [-0.4, -0.2) is 36.4 Å². The highest BCUT2D eigenvalue weighted by molar-refractivity contribution is 5.92. The van der Waals surface area contributed by atoms with Gasteiger partial charge in [0, 0.05) is 25.9 Å². The number of aromatic nitrogens is 2. The predicted molar refractivity (Wildman–Crippen MR) is 80.5 cm³/mol. The Bertz CT molecular complexity index is 619. The SMILES string of the molecule is COCCCNC(=O)c1ccc(Nc2cccc(F)c2)nn1. The first-order valence-electron chi connectivity index (χ1n) is 6.82. The van der Waals surface area contributed by atoms with Gasteiger partial charge in [0.05, 0.1) is 0 Å². The molecule has 1 aromatic carbocycles. The molecule has 6 nitrogen and oxygen atoms in total. The summed E-state index contributed by atoms with van der Waals surface area (Å²) >= 11 is 0. The van der Waals surface area contributed by atoms with E-state index in [1.165, 1.54) is 12.1 Å². The Labute approximate surface area is 127 Å². The first-order valence-corrected chi connectivity index (χ1v) is 6.82. The Morgan fingerprint density at radius 3 is 2.82 bits per heavy atom. The molecule has 0 spiro atoms. The standard InChI is InChI=1S/C15H17FN4O2/c1-22-9-3-8-17-15(21)13-6-7-14(20-19-13)18-12-5-2-4-11(16)10-12/h2,4-7,10H,3,8-9H2,1H3,(H,17,21)(H,18,20). The number of methoxy groups -OCH3 is 1. The monoisotopic (exact) mass is 304 g/mol. The van der Waals surface area contributed by atoms with Crippen molar-refractivity contribution in [2.24, 2.45) is 0 Å². The zero-order valence-corrected chi connectivity index (χ0v) is 12.2. The zero-order valence-electron chi connectivity index (χ0n) is 12.2. The van der Waals surface area contributed by atoms with Crippen LogP contribution in [-0.2, 0) is 4.74 Å². The van der Waals surface area contributed by atoms with Gasteiger partial charge < -0.3 is 15.4 Å². The van der Waals surface area contributed by atoms with Crippen LogP contribution in [0.3, 0.4) is 0 Å². The molecule has 0 atom stereocenters.